The van der Waals surface area contributed by atoms with Gasteiger partial charge in [-0.3, -0.25) is 10.1 Å². The number of nitro groups is 1. The zero-order valence-electron chi connectivity index (χ0n) is 12.8. The molecular weight excluding hydrogens is 419 g/mol. The lowest BCUT2D eigenvalue weighted by Crippen LogP contribution is -2.11. The maximum absolute atomic E-state index is 10.7. The van der Waals surface area contributed by atoms with Gasteiger partial charge in [0.15, 0.2) is 0 Å². The van der Waals surface area contributed by atoms with Crippen molar-refractivity contribution in [2.75, 3.05) is 13.2 Å². The molecule has 24 heavy (non-hydrogen) atoms. The zero-order chi connectivity index (χ0) is 18.3. The monoisotopic (exact) mass is 432 g/mol. The van der Waals surface area contributed by atoms with E-state index in [-0.39, 0.29) is 11.8 Å². The molecule has 0 radical (unpaired) electrons. The summed E-state index contributed by atoms with van der Waals surface area (Å²) in [6.07, 6.45) is -0.296. The molecule has 0 atom stereocenters. The number of ether oxygens (including phenoxy) is 1. The van der Waals surface area contributed by atoms with E-state index in [1.807, 2.05) is 13.8 Å². The summed E-state index contributed by atoms with van der Waals surface area (Å²) in [5, 5.41) is 13.6. The van der Waals surface area contributed by atoms with Crippen molar-refractivity contribution in [3.63, 3.8) is 0 Å². The molecule has 6 nitrogen and oxygen atoms in total. The van der Waals surface area contributed by atoms with Crippen LogP contribution in [0.1, 0.15) is 19.4 Å². The molecule has 1 fully saturated rings. The Labute approximate surface area is 162 Å². The van der Waals surface area contributed by atoms with Gasteiger partial charge in [0.2, 0.25) is 3.79 Å². The van der Waals surface area contributed by atoms with Gasteiger partial charge in [-0.2, -0.15) is 0 Å². The third-order valence-electron chi connectivity index (χ3n) is 2.41. The Balaban J connectivity index is 0.000000400. The Bertz CT molecular complexity index is 589. The van der Waals surface area contributed by atoms with E-state index < -0.39 is 8.72 Å². The number of alkyl carbamates (subject to hydrolysis) is 1. The molecule has 0 saturated carbocycles. The second kappa shape index (κ2) is 9.82. The fourth-order valence-corrected chi connectivity index (χ4v) is 4.10. The van der Waals surface area contributed by atoms with Gasteiger partial charge in [0, 0.05) is 27.8 Å². The van der Waals surface area contributed by atoms with Crippen LogP contribution in [-0.2, 0) is 8.53 Å². The first-order valence-corrected chi connectivity index (χ1v) is 10.1. The van der Waals surface area contributed by atoms with Crippen LogP contribution in [0.2, 0.25) is 0 Å². The number of cyclic esters (lactones) is 1. The highest BCUT2D eigenvalue weighted by Gasteiger charge is 2.28. The third kappa shape index (κ3) is 7.57. The molecule has 1 aromatic rings. The van der Waals surface area contributed by atoms with E-state index >= 15 is 0 Å². The second-order valence-electron chi connectivity index (χ2n) is 4.73. The Morgan fingerprint density at radius 2 is 2.04 bits per heavy atom. The molecule has 134 valence electrons. The minimum Gasteiger partial charge on any atom is -0.448 e. The molecule has 1 heterocycles. The molecule has 11 heteroatoms. The molecule has 0 spiro atoms. The number of nitro benzene ring substituents is 1. The zero-order valence-corrected chi connectivity index (χ0v) is 16.7. The SMILES string of the molecule is CC(C)SSc1ccc([N+](=O)[O-])cc1C(Cl)(Cl)Cl.O=C1NCCO1. The fourth-order valence-electron chi connectivity index (χ4n) is 1.42. The van der Waals surface area contributed by atoms with E-state index in [9.17, 15) is 14.9 Å². The maximum Gasteiger partial charge on any atom is 0.407 e. The molecule has 1 aliphatic heterocycles. The van der Waals surface area contributed by atoms with Crippen LogP contribution in [0, 0.1) is 10.1 Å². The first-order chi connectivity index (χ1) is 11.1. The molecule has 0 bridgehead atoms. The molecule has 0 unspecified atom stereocenters. The lowest BCUT2D eigenvalue weighted by atomic mass is 10.2. The topological polar surface area (TPSA) is 81.5 Å². The normalized spacial score (nSPS) is 13.8. The van der Waals surface area contributed by atoms with Crippen molar-refractivity contribution in [2.45, 2.75) is 27.8 Å². The molecule has 2 rings (SSSR count). The van der Waals surface area contributed by atoms with Gasteiger partial charge in [0.05, 0.1) is 11.5 Å². The summed E-state index contributed by atoms with van der Waals surface area (Å²) in [6.45, 7) is 5.27. The van der Waals surface area contributed by atoms with Gasteiger partial charge >= 0.3 is 6.09 Å². The highest BCUT2D eigenvalue weighted by Crippen LogP contribution is 2.47. The number of nitrogens with one attached hydrogen (secondary N) is 1. The lowest BCUT2D eigenvalue weighted by molar-refractivity contribution is -0.385. The van der Waals surface area contributed by atoms with E-state index in [0.29, 0.717) is 24.0 Å². The average Bonchev–Trinajstić information content (AvgIpc) is 2.95. The summed E-state index contributed by atoms with van der Waals surface area (Å²) in [7, 11) is 3.04. The van der Waals surface area contributed by atoms with Gasteiger partial charge in [-0.25, -0.2) is 4.79 Å². The lowest BCUT2D eigenvalue weighted by Gasteiger charge is -2.16. The number of amides is 1. The molecule has 0 aromatic heterocycles. The van der Waals surface area contributed by atoms with Gasteiger partial charge in [-0.15, -0.1) is 0 Å². The predicted molar refractivity (Wildman–Crippen MR) is 100 cm³/mol. The van der Waals surface area contributed by atoms with Gasteiger partial charge in [-0.1, -0.05) is 70.2 Å². The molecule has 1 saturated heterocycles. The van der Waals surface area contributed by atoms with Crippen molar-refractivity contribution in [1.29, 1.82) is 0 Å². The second-order valence-corrected chi connectivity index (χ2v) is 9.83. The maximum atomic E-state index is 10.7. The summed E-state index contributed by atoms with van der Waals surface area (Å²) >= 11 is 17.5. The fraction of sp³-hybridized carbons (Fsp3) is 0.462. The van der Waals surface area contributed by atoms with Crippen molar-refractivity contribution >= 4 is 68.2 Å². The molecule has 1 aromatic carbocycles. The average molecular weight is 434 g/mol. The Hall–Kier alpha value is -0.540. The molecular formula is C13H15Cl3N2O4S2. The standard InChI is InChI=1S/C10H10Cl3NO2S2.C3H5NO2/c1-6(2)17-18-9-4-3-7(14(15)16)5-8(9)10(11,12)13;5-3-4-1-2-6-3/h3-6H,1-2H3;1-2H2,(H,4,5). The first-order valence-electron chi connectivity index (χ1n) is 6.71. The minimum atomic E-state index is -1.67. The number of carbonyl (C=O) groups excluding carboxylic acids is 1. The van der Waals surface area contributed by atoms with E-state index in [2.05, 4.69) is 10.1 Å². The predicted octanol–water partition coefficient (Wildman–Crippen LogP) is 5.30. The number of rotatable bonds is 4. The quantitative estimate of drug-likeness (QED) is 0.300. The molecule has 0 aliphatic carbocycles. The van der Waals surface area contributed by atoms with E-state index in [0.717, 1.165) is 4.90 Å². The largest absolute Gasteiger partial charge is 0.448 e. The highest BCUT2D eigenvalue weighted by molar-refractivity contribution is 8.76. The Kier molecular flexibility index (Phi) is 8.80. The van der Waals surface area contributed by atoms with Crippen molar-refractivity contribution in [2.24, 2.45) is 0 Å². The third-order valence-corrected chi connectivity index (χ3v) is 6.02. The van der Waals surface area contributed by atoms with Gasteiger partial charge in [0.1, 0.15) is 6.61 Å². The number of alkyl halides is 3. The smallest absolute Gasteiger partial charge is 0.407 e. The molecule has 1 N–H and O–H groups in total. The van der Waals surface area contributed by atoms with Gasteiger partial charge < -0.3 is 10.1 Å². The number of halogens is 3. The van der Waals surface area contributed by atoms with Crippen LogP contribution in [-0.4, -0.2) is 29.4 Å². The number of carbonyl (C=O) groups is 1. The summed E-state index contributed by atoms with van der Waals surface area (Å²) in [5.74, 6) is 0. The van der Waals surface area contributed by atoms with Gasteiger partial charge in [0.25, 0.3) is 5.69 Å². The van der Waals surface area contributed by atoms with Crippen LogP contribution in [0.4, 0.5) is 10.5 Å². The number of non-ortho nitro benzene ring substituents is 1. The summed E-state index contributed by atoms with van der Waals surface area (Å²) in [4.78, 5) is 20.8. The van der Waals surface area contributed by atoms with E-state index in [1.54, 1.807) is 16.9 Å². The molecule has 1 aliphatic rings. The van der Waals surface area contributed by atoms with Crippen molar-refractivity contribution in [1.82, 2.24) is 5.32 Å². The highest BCUT2D eigenvalue weighted by atomic mass is 35.6. The van der Waals surface area contributed by atoms with Crippen molar-refractivity contribution < 1.29 is 14.5 Å². The number of nitrogens with zero attached hydrogens (tertiary/aromatic N) is 1. The number of hydrogen-bond donors (Lipinski definition) is 1. The van der Waals surface area contributed by atoms with Gasteiger partial charge in [-0.05, 0) is 6.07 Å². The van der Waals surface area contributed by atoms with E-state index in [1.165, 1.54) is 22.9 Å². The summed E-state index contributed by atoms with van der Waals surface area (Å²) in [6, 6.07) is 4.31. The van der Waals surface area contributed by atoms with Crippen LogP contribution in [0.3, 0.4) is 0 Å². The Morgan fingerprint density at radius 1 is 1.38 bits per heavy atom. The van der Waals surface area contributed by atoms with Crippen LogP contribution in [0.25, 0.3) is 0 Å². The van der Waals surface area contributed by atoms with Crippen molar-refractivity contribution in [3.8, 4) is 0 Å². The van der Waals surface area contributed by atoms with Crippen LogP contribution in [0.15, 0.2) is 23.1 Å². The van der Waals surface area contributed by atoms with Crippen LogP contribution < -0.4 is 5.32 Å². The number of benzene rings is 1. The first kappa shape index (κ1) is 21.5. The summed E-state index contributed by atoms with van der Waals surface area (Å²) in [5.41, 5.74) is 0.245. The summed E-state index contributed by atoms with van der Waals surface area (Å²) < 4.78 is 2.73. The molecule has 1 amide bonds. The van der Waals surface area contributed by atoms with Crippen molar-refractivity contribution in [3.05, 3.63) is 33.9 Å². The number of hydrogen-bond acceptors (Lipinski definition) is 6. The van der Waals surface area contributed by atoms with Crippen LogP contribution >= 0.6 is 56.4 Å². The van der Waals surface area contributed by atoms with E-state index in [4.69, 9.17) is 34.8 Å². The minimum absolute atomic E-state index is 0.0878. The Morgan fingerprint density at radius 3 is 2.42 bits per heavy atom. The van der Waals surface area contributed by atoms with Crippen LogP contribution in [0.5, 0.6) is 0 Å².